The van der Waals surface area contributed by atoms with E-state index >= 15 is 4.39 Å². The van der Waals surface area contributed by atoms with Gasteiger partial charge in [0.15, 0.2) is 17.3 Å². The number of carbonyl (C=O) groups excluding carboxylic acids is 1. The van der Waals surface area contributed by atoms with Gasteiger partial charge in [0.05, 0.1) is 6.61 Å². The maximum Gasteiger partial charge on any atom is 0.168 e. The minimum Gasteiger partial charge on any atom is -0.490 e. The largest absolute Gasteiger partial charge is 0.490 e. The van der Waals surface area contributed by atoms with Crippen molar-refractivity contribution in [3.8, 4) is 5.75 Å². The monoisotopic (exact) mass is 512 g/mol. The number of hydrogen-bond donors (Lipinski definition) is 0. The predicted molar refractivity (Wildman–Crippen MR) is 152 cm³/mol. The van der Waals surface area contributed by atoms with Crippen molar-refractivity contribution in [3.63, 3.8) is 0 Å². The van der Waals surface area contributed by atoms with E-state index in [1.54, 1.807) is 13.0 Å². The van der Waals surface area contributed by atoms with E-state index in [4.69, 9.17) is 4.74 Å². The van der Waals surface area contributed by atoms with Gasteiger partial charge in [-0.25, -0.2) is 4.39 Å². The van der Waals surface area contributed by atoms with Crippen LogP contribution in [0.3, 0.4) is 0 Å². The van der Waals surface area contributed by atoms with Gasteiger partial charge in [-0.05, 0) is 111 Å². The number of carbonyl (C=O) groups is 1. The van der Waals surface area contributed by atoms with Gasteiger partial charge in [0.2, 0.25) is 0 Å². The van der Waals surface area contributed by atoms with Gasteiger partial charge in [0.1, 0.15) is 0 Å². The Hall–Kier alpha value is -1.38. The number of benzene rings is 1. The third kappa shape index (κ3) is 7.82. The molecule has 0 amide bonds. The summed E-state index contributed by atoms with van der Waals surface area (Å²) < 4.78 is 21.2. The van der Waals surface area contributed by atoms with E-state index in [-0.39, 0.29) is 11.6 Å². The third-order valence-electron chi connectivity index (χ3n) is 10.4. The second-order valence-electron chi connectivity index (χ2n) is 13.0. The van der Waals surface area contributed by atoms with Gasteiger partial charge in [-0.2, -0.15) is 0 Å². The molecule has 0 bridgehead atoms. The first-order valence-corrected chi connectivity index (χ1v) is 15.9. The minimum absolute atomic E-state index is 0.101. The lowest BCUT2D eigenvalue weighted by molar-refractivity contribution is 0.0940. The highest BCUT2D eigenvalue weighted by Gasteiger charge is 2.31. The highest BCUT2D eigenvalue weighted by molar-refractivity contribution is 5.97. The summed E-state index contributed by atoms with van der Waals surface area (Å²) in [6.07, 6.45) is 21.4. The summed E-state index contributed by atoms with van der Waals surface area (Å²) >= 11 is 0. The van der Waals surface area contributed by atoms with Gasteiger partial charge in [0.25, 0.3) is 0 Å². The SMILES string of the molecule is CCCC1CCC(CC(=O)c2ccc(OCC3CCC(C4CCC(CCC)CC4)CC3)c(F)c2C)CC1. The first-order chi connectivity index (χ1) is 18.0. The van der Waals surface area contributed by atoms with Crippen LogP contribution in [0.25, 0.3) is 0 Å². The number of rotatable bonds is 11. The molecule has 0 spiro atoms. The van der Waals surface area contributed by atoms with E-state index in [9.17, 15) is 4.79 Å². The molecule has 4 rings (SSSR count). The van der Waals surface area contributed by atoms with E-state index in [0.717, 1.165) is 36.5 Å². The smallest absolute Gasteiger partial charge is 0.168 e. The molecule has 0 aromatic heterocycles. The van der Waals surface area contributed by atoms with Crippen molar-refractivity contribution in [1.29, 1.82) is 0 Å². The van der Waals surface area contributed by atoms with Crippen LogP contribution in [0.2, 0.25) is 0 Å². The van der Waals surface area contributed by atoms with Crippen molar-refractivity contribution in [1.82, 2.24) is 0 Å². The van der Waals surface area contributed by atoms with Crippen molar-refractivity contribution >= 4 is 5.78 Å². The second kappa shape index (κ2) is 14.1. The Labute approximate surface area is 226 Å². The lowest BCUT2D eigenvalue weighted by atomic mass is 9.69. The molecule has 1 aromatic rings. The van der Waals surface area contributed by atoms with E-state index in [2.05, 4.69) is 13.8 Å². The fourth-order valence-corrected chi connectivity index (χ4v) is 7.97. The molecule has 3 fully saturated rings. The number of halogens is 1. The van der Waals surface area contributed by atoms with E-state index in [1.807, 2.05) is 6.07 Å². The highest BCUT2D eigenvalue weighted by Crippen LogP contribution is 2.42. The van der Waals surface area contributed by atoms with Gasteiger partial charge in [0, 0.05) is 12.0 Å². The van der Waals surface area contributed by atoms with Crippen LogP contribution in [-0.2, 0) is 0 Å². The molecule has 3 aliphatic carbocycles. The van der Waals surface area contributed by atoms with Crippen LogP contribution in [0.1, 0.15) is 139 Å². The van der Waals surface area contributed by atoms with E-state index in [0.29, 0.717) is 41.7 Å². The normalized spacial score (nSPS) is 30.7. The van der Waals surface area contributed by atoms with Crippen LogP contribution in [0, 0.1) is 48.2 Å². The molecular weight excluding hydrogens is 459 g/mol. The van der Waals surface area contributed by atoms with Crippen molar-refractivity contribution in [2.45, 2.75) is 130 Å². The molecule has 0 unspecified atom stereocenters. The Morgan fingerprint density at radius 3 is 1.78 bits per heavy atom. The van der Waals surface area contributed by atoms with Gasteiger partial charge in [-0.1, -0.05) is 65.2 Å². The van der Waals surface area contributed by atoms with Crippen molar-refractivity contribution in [2.24, 2.45) is 35.5 Å². The van der Waals surface area contributed by atoms with Gasteiger partial charge < -0.3 is 4.74 Å². The van der Waals surface area contributed by atoms with Gasteiger partial charge >= 0.3 is 0 Å². The zero-order valence-electron chi connectivity index (χ0n) is 24.0. The Bertz CT molecular complexity index is 840. The first-order valence-electron chi connectivity index (χ1n) is 15.9. The zero-order valence-corrected chi connectivity index (χ0v) is 24.0. The first kappa shape index (κ1) is 28.6. The third-order valence-corrected chi connectivity index (χ3v) is 10.4. The quantitative estimate of drug-likeness (QED) is 0.276. The van der Waals surface area contributed by atoms with Gasteiger partial charge in [-0.3, -0.25) is 4.79 Å². The molecule has 0 atom stereocenters. The van der Waals surface area contributed by atoms with Crippen LogP contribution in [-0.4, -0.2) is 12.4 Å². The maximum atomic E-state index is 15.2. The summed E-state index contributed by atoms with van der Waals surface area (Å²) in [7, 11) is 0. The highest BCUT2D eigenvalue weighted by atomic mass is 19.1. The molecular formula is C34H53FO2. The number of ether oxygens (including phenoxy) is 1. The Balaban J connectivity index is 1.21. The molecule has 3 aliphatic rings. The fraction of sp³-hybridized carbons (Fsp3) is 0.794. The summed E-state index contributed by atoms with van der Waals surface area (Å²) in [5.41, 5.74) is 1.01. The summed E-state index contributed by atoms with van der Waals surface area (Å²) in [5.74, 6) is 4.72. The van der Waals surface area contributed by atoms with Crippen molar-refractivity contribution < 1.29 is 13.9 Å². The van der Waals surface area contributed by atoms with Crippen LogP contribution in [0.5, 0.6) is 5.75 Å². The maximum absolute atomic E-state index is 15.2. The van der Waals surface area contributed by atoms with Crippen molar-refractivity contribution in [2.75, 3.05) is 6.61 Å². The molecule has 208 valence electrons. The average molecular weight is 513 g/mol. The number of Topliss-reactive ketones (excluding diaryl/α,β-unsaturated/α-hetero) is 1. The van der Waals surface area contributed by atoms with Crippen molar-refractivity contribution in [3.05, 3.63) is 29.1 Å². The molecule has 1 aromatic carbocycles. The molecule has 2 nitrogen and oxygen atoms in total. The van der Waals surface area contributed by atoms with Crippen LogP contribution >= 0.6 is 0 Å². The van der Waals surface area contributed by atoms with Crippen LogP contribution in [0.4, 0.5) is 4.39 Å². The molecule has 0 N–H and O–H groups in total. The van der Waals surface area contributed by atoms with E-state index < -0.39 is 0 Å². The molecule has 3 heteroatoms. The molecule has 3 saturated carbocycles. The molecule has 0 aliphatic heterocycles. The van der Waals surface area contributed by atoms with Crippen LogP contribution < -0.4 is 4.74 Å². The predicted octanol–water partition coefficient (Wildman–Crippen LogP) is 10.1. The van der Waals surface area contributed by atoms with Crippen LogP contribution in [0.15, 0.2) is 12.1 Å². The summed E-state index contributed by atoms with van der Waals surface area (Å²) in [4.78, 5) is 13.0. The Morgan fingerprint density at radius 1 is 0.757 bits per heavy atom. The summed E-state index contributed by atoms with van der Waals surface area (Å²) in [6.45, 7) is 6.91. The molecule has 37 heavy (non-hydrogen) atoms. The standard InChI is InChI=1S/C34H53FO2/c1-4-6-25-8-10-27(11-9-25)22-32(36)31-20-21-33(34(35)24(31)3)37-23-28-14-18-30(19-15-28)29-16-12-26(7-5-2)13-17-29/h20-21,25-30H,4-19,22-23H2,1-3H3. The Morgan fingerprint density at radius 2 is 1.24 bits per heavy atom. The topological polar surface area (TPSA) is 26.3 Å². The number of ketones is 1. The molecule has 0 saturated heterocycles. The summed E-state index contributed by atoms with van der Waals surface area (Å²) in [6, 6.07) is 3.51. The second-order valence-corrected chi connectivity index (χ2v) is 13.0. The Kier molecular flexibility index (Phi) is 10.9. The average Bonchev–Trinajstić information content (AvgIpc) is 2.92. The summed E-state index contributed by atoms with van der Waals surface area (Å²) in [5, 5.41) is 0. The van der Waals surface area contributed by atoms with E-state index in [1.165, 1.54) is 89.9 Å². The molecule has 0 radical (unpaired) electrons. The fourth-order valence-electron chi connectivity index (χ4n) is 7.97. The zero-order chi connectivity index (χ0) is 26.2. The number of hydrogen-bond acceptors (Lipinski definition) is 2. The lowest BCUT2D eigenvalue weighted by Crippen LogP contribution is -2.27. The molecule has 0 heterocycles. The minimum atomic E-state index is -0.338. The lowest BCUT2D eigenvalue weighted by Gasteiger charge is -2.37. The van der Waals surface area contributed by atoms with Gasteiger partial charge in [-0.15, -0.1) is 0 Å².